The number of carbonyl (C=O) groups excluding carboxylic acids is 2. The number of allylic oxidation sites excluding steroid dienone is 14. The van der Waals surface area contributed by atoms with Crippen molar-refractivity contribution in [1.82, 2.24) is 0 Å². The van der Waals surface area contributed by atoms with Crippen molar-refractivity contribution in [2.45, 2.75) is 148 Å². The monoisotopic (exact) mass is 761 g/mol. The van der Waals surface area contributed by atoms with E-state index in [1.807, 2.05) is 6.08 Å². The molecule has 9 nitrogen and oxygen atoms in total. The Bertz CT molecular complexity index is 1140. The summed E-state index contributed by atoms with van der Waals surface area (Å²) in [4.78, 5) is 34.8. The summed E-state index contributed by atoms with van der Waals surface area (Å²) in [5, 5.41) is 0. The Morgan fingerprint density at radius 1 is 0.585 bits per heavy atom. The van der Waals surface area contributed by atoms with Crippen LogP contribution in [0.2, 0.25) is 0 Å². The largest absolute Gasteiger partial charge is 0.472 e. The highest BCUT2D eigenvalue weighted by Crippen LogP contribution is 2.43. The lowest BCUT2D eigenvalue weighted by atomic mass is 10.1. The van der Waals surface area contributed by atoms with Crippen LogP contribution in [0.3, 0.4) is 0 Å². The molecule has 3 N–H and O–H groups in total. The Morgan fingerprint density at radius 3 is 1.60 bits per heavy atom. The molecule has 1 unspecified atom stereocenters. The van der Waals surface area contributed by atoms with Crippen LogP contribution < -0.4 is 5.73 Å². The minimum atomic E-state index is -4.40. The standard InChI is InChI=1S/C43H72NO8P/c1-3-5-7-9-11-13-15-17-19-20-22-23-25-27-29-31-33-35-42(45)49-39-41(40-51-53(47,48)50-38-37-44)52-43(46)36-34-32-30-28-26-24-21-18-16-14-12-10-8-6-4-2/h5,7,11-14,17-19,21-23,27,29,41H,3-4,6,8-10,15-16,20,24-26,28,30-40,44H2,1-2H3,(H,47,48)/t41-/m1/s1. The molecular formula is C43H72NO8P. The zero-order valence-electron chi connectivity index (χ0n) is 33.0. The van der Waals surface area contributed by atoms with Gasteiger partial charge in [-0.1, -0.05) is 131 Å². The number of phosphoric acid groups is 1. The maximum atomic E-state index is 12.5. The third kappa shape index (κ3) is 38.7. The summed E-state index contributed by atoms with van der Waals surface area (Å²) < 4.78 is 32.6. The molecule has 0 saturated heterocycles. The van der Waals surface area contributed by atoms with E-state index in [4.69, 9.17) is 24.3 Å². The van der Waals surface area contributed by atoms with Gasteiger partial charge in [0.05, 0.1) is 13.2 Å². The number of hydrogen-bond acceptors (Lipinski definition) is 8. The second kappa shape index (κ2) is 38.9. The number of carbonyl (C=O) groups is 2. The van der Waals surface area contributed by atoms with E-state index in [2.05, 4.69) is 92.8 Å². The number of esters is 2. The lowest BCUT2D eigenvalue weighted by Crippen LogP contribution is -2.29. The quantitative estimate of drug-likeness (QED) is 0.0277. The summed E-state index contributed by atoms with van der Waals surface area (Å²) in [7, 11) is -4.40. The van der Waals surface area contributed by atoms with Crippen molar-refractivity contribution in [1.29, 1.82) is 0 Å². The fraction of sp³-hybridized carbons (Fsp3) is 0.628. The van der Waals surface area contributed by atoms with E-state index in [0.29, 0.717) is 12.8 Å². The van der Waals surface area contributed by atoms with Crippen LogP contribution in [0.15, 0.2) is 85.1 Å². The molecule has 0 bridgehead atoms. The molecule has 0 aliphatic heterocycles. The minimum Gasteiger partial charge on any atom is -0.462 e. The Labute approximate surface area is 322 Å². The Hall–Kier alpha value is -2.81. The zero-order valence-corrected chi connectivity index (χ0v) is 33.9. The fourth-order valence-electron chi connectivity index (χ4n) is 4.82. The highest BCUT2D eigenvalue weighted by molar-refractivity contribution is 7.47. The lowest BCUT2D eigenvalue weighted by molar-refractivity contribution is -0.161. The first-order valence-corrected chi connectivity index (χ1v) is 21.6. The van der Waals surface area contributed by atoms with Gasteiger partial charge in [0.1, 0.15) is 6.61 Å². The lowest BCUT2D eigenvalue weighted by Gasteiger charge is -2.19. The molecule has 10 heteroatoms. The molecule has 0 aromatic heterocycles. The summed E-state index contributed by atoms with van der Waals surface area (Å²) in [5.74, 6) is -0.923. The summed E-state index contributed by atoms with van der Waals surface area (Å²) in [6.45, 7) is 3.48. The molecular weight excluding hydrogens is 689 g/mol. The first-order valence-electron chi connectivity index (χ1n) is 20.1. The van der Waals surface area contributed by atoms with Crippen molar-refractivity contribution in [3.05, 3.63) is 85.1 Å². The topological polar surface area (TPSA) is 134 Å². The van der Waals surface area contributed by atoms with Gasteiger partial charge in [-0.15, -0.1) is 0 Å². The van der Waals surface area contributed by atoms with Crippen molar-refractivity contribution in [2.24, 2.45) is 5.73 Å². The summed E-state index contributed by atoms with van der Waals surface area (Å²) in [6, 6.07) is 0. The normalized spacial score (nSPS) is 14.3. The molecule has 0 heterocycles. The molecule has 0 aromatic rings. The molecule has 0 rings (SSSR count). The van der Waals surface area contributed by atoms with Crippen molar-refractivity contribution in [2.75, 3.05) is 26.4 Å². The van der Waals surface area contributed by atoms with Gasteiger partial charge in [-0.25, -0.2) is 4.57 Å². The Kier molecular flexibility index (Phi) is 36.8. The molecule has 0 amide bonds. The van der Waals surface area contributed by atoms with Gasteiger partial charge in [-0.2, -0.15) is 0 Å². The Morgan fingerprint density at radius 2 is 1.06 bits per heavy atom. The van der Waals surface area contributed by atoms with Gasteiger partial charge >= 0.3 is 19.8 Å². The van der Waals surface area contributed by atoms with Crippen molar-refractivity contribution in [3.8, 4) is 0 Å². The molecule has 0 aromatic carbocycles. The van der Waals surface area contributed by atoms with E-state index in [-0.39, 0.29) is 32.6 Å². The number of rotatable bonds is 36. The van der Waals surface area contributed by atoms with Gasteiger partial charge in [0, 0.05) is 19.4 Å². The highest BCUT2D eigenvalue weighted by Gasteiger charge is 2.25. The van der Waals surface area contributed by atoms with E-state index in [1.165, 1.54) is 25.7 Å². The van der Waals surface area contributed by atoms with Crippen LogP contribution in [-0.2, 0) is 32.7 Å². The summed E-state index contributed by atoms with van der Waals surface area (Å²) in [5.41, 5.74) is 5.33. The van der Waals surface area contributed by atoms with E-state index in [0.717, 1.165) is 77.0 Å². The van der Waals surface area contributed by atoms with Crippen LogP contribution in [0.5, 0.6) is 0 Å². The number of unbranched alkanes of at least 4 members (excludes halogenated alkanes) is 9. The van der Waals surface area contributed by atoms with Gasteiger partial charge in [0.25, 0.3) is 0 Å². The highest BCUT2D eigenvalue weighted by atomic mass is 31.2. The number of nitrogens with two attached hydrogens (primary N) is 1. The molecule has 0 saturated carbocycles. The van der Waals surface area contributed by atoms with Crippen LogP contribution >= 0.6 is 7.82 Å². The third-order valence-electron chi connectivity index (χ3n) is 7.77. The average molecular weight is 762 g/mol. The van der Waals surface area contributed by atoms with Gasteiger partial charge in [0.15, 0.2) is 6.10 Å². The Balaban J connectivity index is 4.34. The van der Waals surface area contributed by atoms with Crippen LogP contribution in [0.1, 0.15) is 142 Å². The number of phosphoric ester groups is 1. The van der Waals surface area contributed by atoms with Crippen molar-refractivity contribution >= 4 is 19.8 Å². The van der Waals surface area contributed by atoms with Crippen molar-refractivity contribution in [3.63, 3.8) is 0 Å². The molecule has 2 atom stereocenters. The van der Waals surface area contributed by atoms with Crippen LogP contribution in [-0.4, -0.2) is 49.3 Å². The average Bonchev–Trinajstić information content (AvgIpc) is 3.14. The van der Waals surface area contributed by atoms with Gasteiger partial charge in [-0.05, 0) is 83.5 Å². The van der Waals surface area contributed by atoms with E-state index < -0.39 is 32.5 Å². The first kappa shape index (κ1) is 50.2. The van der Waals surface area contributed by atoms with Crippen LogP contribution in [0.25, 0.3) is 0 Å². The maximum Gasteiger partial charge on any atom is 0.472 e. The van der Waals surface area contributed by atoms with Crippen LogP contribution in [0, 0.1) is 0 Å². The molecule has 0 aliphatic carbocycles. The van der Waals surface area contributed by atoms with E-state index >= 15 is 0 Å². The maximum absolute atomic E-state index is 12.5. The van der Waals surface area contributed by atoms with Gasteiger partial charge < -0.3 is 20.1 Å². The summed E-state index contributed by atoms with van der Waals surface area (Å²) in [6.07, 6.45) is 47.6. The van der Waals surface area contributed by atoms with E-state index in [1.54, 1.807) is 0 Å². The van der Waals surface area contributed by atoms with E-state index in [9.17, 15) is 19.0 Å². The zero-order chi connectivity index (χ0) is 38.9. The molecule has 0 aliphatic rings. The first-order chi connectivity index (χ1) is 25.8. The fourth-order valence-corrected chi connectivity index (χ4v) is 5.58. The third-order valence-corrected chi connectivity index (χ3v) is 8.75. The minimum absolute atomic E-state index is 0.0388. The van der Waals surface area contributed by atoms with Crippen molar-refractivity contribution < 1.29 is 37.6 Å². The van der Waals surface area contributed by atoms with Gasteiger partial charge in [-0.3, -0.25) is 18.6 Å². The second-order valence-electron chi connectivity index (χ2n) is 12.8. The smallest absolute Gasteiger partial charge is 0.462 e. The second-order valence-corrected chi connectivity index (χ2v) is 14.2. The molecule has 0 radical (unpaired) electrons. The van der Waals surface area contributed by atoms with Gasteiger partial charge in [0.2, 0.25) is 0 Å². The molecule has 0 fully saturated rings. The molecule has 0 spiro atoms. The predicted octanol–water partition coefficient (Wildman–Crippen LogP) is 11.3. The number of hydrogen-bond donors (Lipinski definition) is 2. The SMILES string of the molecule is CCC=CCC=CCC=CCC=CCC=CCCCC(=O)OC[C@H](COP(=O)(O)OCCN)OC(=O)CCCCCCCC=CCC=CCCCCC. The summed E-state index contributed by atoms with van der Waals surface area (Å²) >= 11 is 0. The molecule has 302 valence electrons. The molecule has 53 heavy (non-hydrogen) atoms. The number of ether oxygens (including phenoxy) is 2. The van der Waals surface area contributed by atoms with Crippen LogP contribution in [0.4, 0.5) is 0 Å². The predicted molar refractivity (Wildman–Crippen MR) is 219 cm³/mol.